The number of carbonyl (C=O) groups is 1. The van der Waals surface area contributed by atoms with Gasteiger partial charge in [-0.15, -0.1) is 0 Å². The third-order valence-electron chi connectivity index (χ3n) is 1.84. The SMILES string of the molecule is COC(=O)CC#Cc1cc(F)ccc1OC. The summed E-state index contributed by atoms with van der Waals surface area (Å²) in [7, 11) is 2.76. The van der Waals surface area contributed by atoms with Gasteiger partial charge in [0.05, 0.1) is 19.8 Å². The molecule has 0 unspecified atom stereocenters. The standard InChI is InChI=1S/C12H11FO3/c1-15-11-7-6-10(13)8-9(11)4-3-5-12(14)16-2/h6-8H,5H2,1-2H3. The molecule has 0 N–H and O–H groups in total. The van der Waals surface area contributed by atoms with Crippen LogP contribution in [0.4, 0.5) is 4.39 Å². The summed E-state index contributed by atoms with van der Waals surface area (Å²) in [5.74, 6) is 4.88. The van der Waals surface area contributed by atoms with Gasteiger partial charge in [0.25, 0.3) is 0 Å². The summed E-state index contributed by atoms with van der Waals surface area (Å²) in [6.07, 6.45) is -0.0316. The summed E-state index contributed by atoms with van der Waals surface area (Å²) < 4.78 is 22.3. The Kier molecular flexibility index (Phi) is 4.34. The van der Waals surface area contributed by atoms with Gasteiger partial charge in [-0.2, -0.15) is 0 Å². The van der Waals surface area contributed by atoms with Crippen LogP contribution in [0.5, 0.6) is 5.75 Å². The van der Waals surface area contributed by atoms with Crippen LogP contribution in [0.1, 0.15) is 12.0 Å². The molecule has 4 heteroatoms. The average molecular weight is 222 g/mol. The van der Waals surface area contributed by atoms with Crippen LogP contribution in [0.3, 0.4) is 0 Å². The van der Waals surface area contributed by atoms with E-state index in [0.29, 0.717) is 11.3 Å². The summed E-state index contributed by atoms with van der Waals surface area (Å²) in [5.41, 5.74) is 0.409. The molecule has 0 aliphatic rings. The molecule has 1 aromatic rings. The molecule has 0 spiro atoms. The molecule has 0 bridgehead atoms. The largest absolute Gasteiger partial charge is 0.495 e. The molecule has 0 aliphatic carbocycles. The first-order valence-electron chi connectivity index (χ1n) is 4.56. The lowest BCUT2D eigenvalue weighted by Gasteiger charge is -2.01. The van der Waals surface area contributed by atoms with Crippen molar-refractivity contribution in [2.75, 3.05) is 14.2 Å². The van der Waals surface area contributed by atoms with Crippen molar-refractivity contribution < 1.29 is 18.7 Å². The Morgan fingerprint density at radius 3 is 2.81 bits per heavy atom. The summed E-state index contributed by atoms with van der Waals surface area (Å²) in [4.78, 5) is 10.8. The maximum atomic E-state index is 12.9. The van der Waals surface area contributed by atoms with Gasteiger partial charge in [-0.05, 0) is 18.2 Å². The molecule has 3 nitrogen and oxygen atoms in total. The Bertz CT molecular complexity index is 443. The number of hydrogen-bond acceptors (Lipinski definition) is 3. The van der Waals surface area contributed by atoms with Crippen LogP contribution < -0.4 is 4.74 Å². The van der Waals surface area contributed by atoms with Crippen molar-refractivity contribution in [2.24, 2.45) is 0 Å². The lowest BCUT2D eigenvalue weighted by Crippen LogP contribution is -1.97. The van der Waals surface area contributed by atoms with Crippen molar-refractivity contribution in [2.45, 2.75) is 6.42 Å². The van der Waals surface area contributed by atoms with Crippen molar-refractivity contribution >= 4 is 5.97 Å². The highest BCUT2D eigenvalue weighted by molar-refractivity contribution is 5.72. The molecular weight excluding hydrogens is 211 g/mol. The lowest BCUT2D eigenvalue weighted by atomic mass is 10.2. The molecule has 0 radical (unpaired) electrons. The average Bonchev–Trinajstić information content (AvgIpc) is 2.29. The van der Waals surface area contributed by atoms with E-state index in [1.807, 2.05) is 0 Å². The van der Waals surface area contributed by atoms with Crippen LogP contribution in [0.25, 0.3) is 0 Å². The van der Waals surface area contributed by atoms with Gasteiger partial charge in [0.15, 0.2) is 0 Å². The fourth-order valence-electron chi connectivity index (χ4n) is 1.06. The summed E-state index contributed by atoms with van der Waals surface area (Å²) in [6.45, 7) is 0. The molecule has 0 fully saturated rings. The van der Waals surface area contributed by atoms with Gasteiger partial charge in [-0.25, -0.2) is 4.39 Å². The van der Waals surface area contributed by atoms with Crippen LogP contribution >= 0.6 is 0 Å². The van der Waals surface area contributed by atoms with Gasteiger partial charge in [0, 0.05) is 0 Å². The maximum Gasteiger partial charge on any atom is 0.317 e. The highest BCUT2D eigenvalue weighted by Gasteiger charge is 2.01. The molecule has 0 saturated carbocycles. The zero-order valence-electron chi connectivity index (χ0n) is 9.04. The van der Waals surface area contributed by atoms with Crippen LogP contribution in [-0.4, -0.2) is 20.2 Å². The number of esters is 1. The Morgan fingerprint density at radius 2 is 2.19 bits per heavy atom. The molecule has 16 heavy (non-hydrogen) atoms. The lowest BCUT2D eigenvalue weighted by molar-refractivity contribution is -0.139. The molecule has 1 aromatic carbocycles. The summed E-state index contributed by atoms with van der Waals surface area (Å²) in [6, 6.07) is 4.02. The van der Waals surface area contributed by atoms with Gasteiger partial charge < -0.3 is 9.47 Å². The third-order valence-corrected chi connectivity index (χ3v) is 1.84. The van der Waals surface area contributed by atoms with E-state index >= 15 is 0 Å². The zero-order chi connectivity index (χ0) is 12.0. The van der Waals surface area contributed by atoms with E-state index in [-0.39, 0.29) is 6.42 Å². The van der Waals surface area contributed by atoms with Gasteiger partial charge in [0.1, 0.15) is 18.0 Å². The predicted molar refractivity (Wildman–Crippen MR) is 56.5 cm³/mol. The number of halogens is 1. The van der Waals surface area contributed by atoms with Crippen molar-refractivity contribution in [3.05, 3.63) is 29.6 Å². The second-order valence-electron chi connectivity index (χ2n) is 2.90. The number of carbonyl (C=O) groups excluding carboxylic acids is 1. The van der Waals surface area contributed by atoms with Crippen LogP contribution in [0, 0.1) is 17.7 Å². The van der Waals surface area contributed by atoms with Gasteiger partial charge in [-0.1, -0.05) is 11.8 Å². The van der Waals surface area contributed by atoms with E-state index in [1.54, 1.807) is 0 Å². The molecule has 84 valence electrons. The zero-order valence-corrected chi connectivity index (χ0v) is 9.04. The number of rotatable bonds is 2. The Labute approximate surface area is 93.2 Å². The van der Waals surface area contributed by atoms with Crippen LogP contribution in [0.2, 0.25) is 0 Å². The summed E-state index contributed by atoms with van der Waals surface area (Å²) >= 11 is 0. The van der Waals surface area contributed by atoms with Crippen molar-refractivity contribution in [1.82, 2.24) is 0 Å². The fourth-order valence-corrected chi connectivity index (χ4v) is 1.06. The molecule has 1 rings (SSSR count). The van der Waals surface area contributed by atoms with Gasteiger partial charge in [-0.3, -0.25) is 4.79 Å². The third kappa shape index (κ3) is 3.28. The van der Waals surface area contributed by atoms with Crippen molar-refractivity contribution in [3.63, 3.8) is 0 Å². The second-order valence-corrected chi connectivity index (χ2v) is 2.90. The number of benzene rings is 1. The topological polar surface area (TPSA) is 35.5 Å². The van der Waals surface area contributed by atoms with Crippen molar-refractivity contribution in [3.8, 4) is 17.6 Å². The van der Waals surface area contributed by atoms with Gasteiger partial charge in [0.2, 0.25) is 0 Å². The fraction of sp³-hybridized carbons (Fsp3) is 0.250. The first kappa shape index (κ1) is 12.1. The first-order valence-corrected chi connectivity index (χ1v) is 4.56. The van der Waals surface area contributed by atoms with Crippen LogP contribution in [-0.2, 0) is 9.53 Å². The Balaban J connectivity index is 2.86. The minimum absolute atomic E-state index is 0.0316. The monoisotopic (exact) mass is 222 g/mol. The minimum atomic E-state index is -0.428. The van der Waals surface area contributed by atoms with E-state index in [4.69, 9.17) is 4.74 Å². The molecular formula is C12H11FO3. The first-order chi connectivity index (χ1) is 7.67. The highest BCUT2D eigenvalue weighted by atomic mass is 19.1. The smallest absolute Gasteiger partial charge is 0.317 e. The molecule has 0 saturated heterocycles. The quantitative estimate of drug-likeness (QED) is 0.565. The number of ether oxygens (including phenoxy) is 2. The molecule has 0 aliphatic heterocycles. The van der Waals surface area contributed by atoms with E-state index in [9.17, 15) is 9.18 Å². The van der Waals surface area contributed by atoms with Crippen molar-refractivity contribution in [1.29, 1.82) is 0 Å². The maximum absolute atomic E-state index is 12.9. The summed E-state index contributed by atoms with van der Waals surface area (Å²) in [5, 5.41) is 0. The molecule has 0 aromatic heterocycles. The molecule has 0 heterocycles. The highest BCUT2D eigenvalue weighted by Crippen LogP contribution is 2.17. The molecule has 0 atom stereocenters. The van der Waals surface area contributed by atoms with E-state index in [1.165, 1.54) is 32.4 Å². The second kappa shape index (κ2) is 5.76. The van der Waals surface area contributed by atoms with Crippen LogP contribution in [0.15, 0.2) is 18.2 Å². The van der Waals surface area contributed by atoms with E-state index in [2.05, 4.69) is 16.6 Å². The Morgan fingerprint density at radius 1 is 1.44 bits per heavy atom. The predicted octanol–water partition coefficient (Wildman–Crippen LogP) is 1.75. The van der Waals surface area contributed by atoms with E-state index < -0.39 is 11.8 Å². The Hall–Kier alpha value is -2.02. The minimum Gasteiger partial charge on any atom is -0.495 e. The number of hydrogen-bond donors (Lipinski definition) is 0. The van der Waals surface area contributed by atoms with E-state index in [0.717, 1.165) is 0 Å². The van der Waals surface area contributed by atoms with Gasteiger partial charge >= 0.3 is 5.97 Å². The number of methoxy groups -OCH3 is 2. The normalized spacial score (nSPS) is 8.94. The molecule has 0 amide bonds.